The number of carbonyl (C=O) groups excluding carboxylic acids is 1. The quantitative estimate of drug-likeness (QED) is 0.213. The number of aryl methyl sites for hydroxylation is 1. The largest absolute Gasteiger partial charge is 0.423 e. The van der Waals surface area contributed by atoms with Gasteiger partial charge in [-0.2, -0.15) is 0 Å². The summed E-state index contributed by atoms with van der Waals surface area (Å²) >= 11 is 0. The minimum Gasteiger partial charge on any atom is -0.423 e. The van der Waals surface area contributed by atoms with Crippen molar-refractivity contribution in [2.24, 2.45) is 0 Å². The molecule has 2 nitrogen and oxygen atoms in total. The summed E-state index contributed by atoms with van der Waals surface area (Å²) in [4.78, 5) is 11.5. The lowest BCUT2D eigenvalue weighted by Gasteiger charge is -2.04. The maximum absolute atomic E-state index is 11.5. The molecule has 3 rings (SSSR count). The normalized spacial score (nSPS) is 10.8. The van der Waals surface area contributed by atoms with Gasteiger partial charge in [-0.15, -0.1) is 0 Å². The molecule has 0 aromatic heterocycles. The zero-order chi connectivity index (χ0) is 19.9. The molecule has 0 spiro atoms. The molecule has 0 saturated carbocycles. The summed E-state index contributed by atoms with van der Waals surface area (Å²) in [7, 11) is 0. The third-order valence-corrected chi connectivity index (χ3v) is 4.51. The van der Waals surface area contributed by atoms with Crippen molar-refractivity contribution in [1.82, 2.24) is 0 Å². The van der Waals surface area contributed by atoms with Crippen LogP contribution in [0.3, 0.4) is 0 Å². The lowest BCUT2D eigenvalue weighted by Crippen LogP contribution is -2.07. The maximum Gasteiger partial charge on any atom is 0.338 e. The summed E-state index contributed by atoms with van der Waals surface area (Å²) in [6.45, 7) is 7.37. The molecule has 3 aromatic carbocycles. The van der Waals surface area contributed by atoms with Crippen molar-refractivity contribution in [3.05, 3.63) is 102 Å². The molecule has 0 aliphatic rings. The highest BCUT2D eigenvalue weighted by molar-refractivity contribution is 5.88. The smallest absolute Gasteiger partial charge is 0.338 e. The molecule has 0 radical (unpaired) electrons. The summed E-state index contributed by atoms with van der Waals surface area (Å²) in [5.41, 5.74) is 6.34. The van der Waals surface area contributed by atoms with Gasteiger partial charge in [-0.3, -0.25) is 0 Å². The van der Waals surface area contributed by atoms with Gasteiger partial charge in [0, 0.05) is 5.57 Å². The second-order valence-corrected chi connectivity index (χ2v) is 6.74. The number of rotatable bonds is 6. The van der Waals surface area contributed by atoms with E-state index >= 15 is 0 Å². The Hall–Kier alpha value is -3.39. The van der Waals surface area contributed by atoms with E-state index in [4.69, 9.17) is 4.74 Å². The number of esters is 1. The molecule has 2 heteroatoms. The van der Waals surface area contributed by atoms with Gasteiger partial charge in [0.15, 0.2) is 0 Å². The standard InChI is InChI=1S/C26H24O2/c1-4-20-7-13-23(14-8-20)24-15-9-21(10-16-24)5-6-22-11-17-25(18-12-22)28-26(27)19(2)3/h5-18H,2,4H2,1,3H3/b6-5+. The molecular weight excluding hydrogens is 344 g/mol. The van der Waals surface area contributed by atoms with Crippen LogP contribution in [0.15, 0.2) is 84.9 Å². The fourth-order valence-electron chi connectivity index (χ4n) is 2.75. The number of hydrogen-bond donors (Lipinski definition) is 0. The minimum absolute atomic E-state index is 0.383. The van der Waals surface area contributed by atoms with E-state index in [0.717, 1.165) is 17.5 Å². The third kappa shape index (κ3) is 5.08. The second-order valence-electron chi connectivity index (χ2n) is 6.74. The van der Waals surface area contributed by atoms with Gasteiger partial charge in [0.05, 0.1) is 0 Å². The van der Waals surface area contributed by atoms with Crippen molar-refractivity contribution >= 4 is 18.1 Å². The van der Waals surface area contributed by atoms with E-state index in [2.05, 4.69) is 68.1 Å². The monoisotopic (exact) mass is 368 g/mol. The molecule has 0 aliphatic carbocycles. The topological polar surface area (TPSA) is 26.3 Å². The minimum atomic E-state index is -0.410. The second kappa shape index (κ2) is 9.01. The predicted octanol–water partition coefficient (Wildman–Crippen LogP) is 6.57. The zero-order valence-electron chi connectivity index (χ0n) is 16.3. The first-order valence-electron chi connectivity index (χ1n) is 9.40. The van der Waals surface area contributed by atoms with Gasteiger partial charge in [-0.25, -0.2) is 4.79 Å². The summed E-state index contributed by atoms with van der Waals surface area (Å²) in [6.07, 6.45) is 5.16. The molecule has 0 fully saturated rings. The fraction of sp³-hybridized carbons (Fsp3) is 0.115. The van der Waals surface area contributed by atoms with Crippen LogP contribution in [0.5, 0.6) is 5.75 Å². The van der Waals surface area contributed by atoms with Crippen molar-refractivity contribution < 1.29 is 9.53 Å². The third-order valence-electron chi connectivity index (χ3n) is 4.51. The molecule has 0 atom stereocenters. The molecule has 0 unspecified atom stereocenters. The van der Waals surface area contributed by atoms with Gasteiger partial charge in [0.2, 0.25) is 0 Å². The molecule has 140 valence electrons. The summed E-state index contributed by atoms with van der Waals surface area (Å²) in [6, 6.07) is 24.6. The zero-order valence-corrected chi connectivity index (χ0v) is 16.3. The Bertz CT molecular complexity index is 976. The molecule has 0 aliphatic heterocycles. The van der Waals surface area contributed by atoms with Gasteiger partial charge in [-0.05, 0) is 53.3 Å². The van der Waals surface area contributed by atoms with Crippen LogP contribution in [0.25, 0.3) is 23.3 Å². The first-order chi connectivity index (χ1) is 13.5. The molecule has 0 heterocycles. The van der Waals surface area contributed by atoms with Crippen molar-refractivity contribution in [3.63, 3.8) is 0 Å². The van der Waals surface area contributed by atoms with E-state index in [-0.39, 0.29) is 0 Å². The predicted molar refractivity (Wildman–Crippen MR) is 117 cm³/mol. The summed E-state index contributed by atoms with van der Waals surface area (Å²) in [5, 5.41) is 0. The average Bonchev–Trinajstić information content (AvgIpc) is 2.73. The molecule has 3 aromatic rings. The molecule has 0 bridgehead atoms. The van der Waals surface area contributed by atoms with E-state index < -0.39 is 5.97 Å². The number of carbonyl (C=O) groups is 1. The molecule has 28 heavy (non-hydrogen) atoms. The Morgan fingerprint density at radius 2 is 1.29 bits per heavy atom. The number of hydrogen-bond acceptors (Lipinski definition) is 2. The van der Waals surface area contributed by atoms with Crippen LogP contribution in [0.1, 0.15) is 30.5 Å². The van der Waals surface area contributed by atoms with Crippen LogP contribution < -0.4 is 4.74 Å². The van der Waals surface area contributed by atoms with Gasteiger partial charge in [-0.1, -0.05) is 86.3 Å². The van der Waals surface area contributed by atoms with Crippen LogP contribution in [0.4, 0.5) is 0 Å². The van der Waals surface area contributed by atoms with Gasteiger partial charge in [0.1, 0.15) is 5.75 Å². The van der Waals surface area contributed by atoms with Crippen LogP contribution in [0.2, 0.25) is 0 Å². The van der Waals surface area contributed by atoms with Gasteiger partial charge < -0.3 is 4.74 Å². The number of benzene rings is 3. The van der Waals surface area contributed by atoms with Crippen molar-refractivity contribution in [2.75, 3.05) is 0 Å². The highest BCUT2D eigenvalue weighted by Gasteiger charge is 2.04. The molecular formula is C26H24O2. The Balaban J connectivity index is 1.65. The lowest BCUT2D eigenvalue weighted by molar-refractivity contribution is -0.130. The van der Waals surface area contributed by atoms with E-state index in [1.54, 1.807) is 19.1 Å². The number of ether oxygens (including phenoxy) is 1. The van der Waals surface area contributed by atoms with E-state index in [0.29, 0.717) is 11.3 Å². The Labute approximate surface area is 166 Å². The summed E-state index contributed by atoms with van der Waals surface area (Å²) in [5.74, 6) is 0.108. The van der Waals surface area contributed by atoms with E-state index in [1.165, 1.54) is 16.7 Å². The van der Waals surface area contributed by atoms with E-state index in [1.807, 2.05) is 18.2 Å². The van der Waals surface area contributed by atoms with E-state index in [9.17, 15) is 4.79 Å². The van der Waals surface area contributed by atoms with Gasteiger partial charge in [0.25, 0.3) is 0 Å². The summed E-state index contributed by atoms with van der Waals surface area (Å²) < 4.78 is 5.20. The Morgan fingerprint density at radius 1 is 0.821 bits per heavy atom. The highest BCUT2D eigenvalue weighted by atomic mass is 16.5. The molecule has 0 amide bonds. The molecule has 0 N–H and O–H groups in total. The fourth-order valence-corrected chi connectivity index (χ4v) is 2.75. The molecule has 0 saturated heterocycles. The Morgan fingerprint density at radius 3 is 1.75 bits per heavy atom. The Kier molecular flexibility index (Phi) is 6.23. The van der Waals surface area contributed by atoms with Crippen molar-refractivity contribution in [1.29, 1.82) is 0 Å². The SMILES string of the molecule is C=C(C)C(=O)Oc1ccc(/C=C/c2ccc(-c3ccc(CC)cc3)cc2)cc1. The van der Waals surface area contributed by atoms with Crippen LogP contribution in [-0.2, 0) is 11.2 Å². The van der Waals surface area contributed by atoms with Gasteiger partial charge >= 0.3 is 5.97 Å². The first kappa shape index (κ1) is 19.4. The van der Waals surface area contributed by atoms with Crippen molar-refractivity contribution in [3.8, 4) is 16.9 Å². The lowest BCUT2D eigenvalue weighted by atomic mass is 10.0. The average molecular weight is 368 g/mol. The van der Waals surface area contributed by atoms with Crippen LogP contribution >= 0.6 is 0 Å². The maximum atomic E-state index is 11.5. The highest BCUT2D eigenvalue weighted by Crippen LogP contribution is 2.22. The van der Waals surface area contributed by atoms with Crippen LogP contribution in [-0.4, -0.2) is 5.97 Å². The van der Waals surface area contributed by atoms with Crippen LogP contribution in [0, 0.1) is 0 Å². The van der Waals surface area contributed by atoms with Crippen molar-refractivity contribution in [2.45, 2.75) is 20.3 Å². The first-order valence-corrected chi connectivity index (χ1v) is 9.40.